The molecule has 0 aliphatic carbocycles. The summed E-state index contributed by atoms with van der Waals surface area (Å²) in [6, 6.07) is 7.49. The van der Waals surface area contributed by atoms with E-state index >= 15 is 0 Å². The van der Waals surface area contributed by atoms with Gasteiger partial charge in [-0.15, -0.1) is 4.68 Å². The van der Waals surface area contributed by atoms with Crippen molar-refractivity contribution in [3.63, 3.8) is 0 Å². The number of aromatic nitrogens is 2. The average molecular weight is 519 g/mol. The first-order valence-corrected chi connectivity index (χ1v) is 12.6. The second kappa shape index (κ2) is 12.0. The van der Waals surface area contributed by atoms with E-state index in [4.69, 9.17) is 18.9 Å². The molecule has 2 heterocycles. The first kappa shape index (κ1) is 28.5. The van der Waals surface area contributed by atoms with Crippen LogP contribution in [0.3, 0.4) is 0 Å². The van der Waals surface area contributed by atoms with Gasteiger partial charge in [0, 0.05) is 13.2 Å². The Kier molecular flexibility index (Phi) is 9.20. The molecular formula is C27H40N3O7+. The molecule has 0 radical (unpaired) electrons. The number of aliphatic hydroxyl groups is 1. The highest BCUT2D eigenvalue weighted by atomic mass is 16.6. The first-order valence-electron chi connectivity index (χ1n) is 12.6. The van der Waals surface area contributed by atoms with Crippen LogP contribution in [0.4, 0.5) is 4.79 Å². The number of rotatable bonds is 10. The maximum atomic E-state index is 11.9. The van der Waals surface area contributed by atoms with Crippen molar-refractivity contribution >= 4 is 12.1 Å². The number of aliphatic hydroxyl groups excluding tert-OH is 1. The van der Waals surface area contributed by atoms with Crippen LogP contribution in [0.25, 0.3) is 11.1 Å². The van der Waals surface area contributed by atoms with Crippen molar-refractivity contribution in [3.8, 4) is 16.9 Å². The molecule has 1 aromatic heterocycles. The molecule has 0 unspecified atom stereocenters. The van der Waals surface area contributed by atoms with E-state index in [9.17, 15) is 14.7 Å². The molecule has 0 fully saturated rings. The fourth-order valence-electron chi connectivity index (χ4n) is 3.73. The highest BCUT2D eigenvalue weighted by Gasteiger charge is 2.30. The smallest absolute Gasteiger partial charge is 0.407 e. The van der Waals surface area contributed by atoms with Gasteiger partial charge in [-0.25, -0.2) is 9.59 Å². The van der Waals surface area contributed by atoms with Gasteiger partial charge in [-0.3, -0.25) is 0 Å². The molecule has 1 aromatic carbocycles. The molecule has 1 aliphatic heterocycles. The highest BCUT2D eigenvalue weighted by Crippen LogP contribution is 2.23. The van der Waals surface area contributed by atoms with E-state index in [0.29, 0.717) is 25.3 Å². The fraction of sp³-hybridized carbons (Fsp3) is 0.593. The third-order valence-corrected chi connectivity index (χ3v) is 5.30. The van der Waals surface area contributed by atoms with E-state index in [1.54, 1.807) is 20.8 Å². The quantitative estimate of drug-likeness (QED) is 0.283. The number of carbonyl (C=O) groups is 2. The number of amides is 1. The van der Waals surface area contributed by atoms with Crippen molar-refractivity contribution in [2.75, 3.05) is 19.8 Å². The number of hydrogen-bond acceptors (Lipinski definition) is 7. The van der Waals surface area contributed by atoms with Crippen molar-refractivity contribution < 1.29 is 38.3 Å². The van der Waals surface area contributed by atoms with Gasteiger partial charge in [0.25, 0.3) is 0 Å². The summed E-state index contributed by atoms with van der Waals surface area (Å²) in [7, 11) is 0. The summed E-state index contributed by atoms with van der Waals surface area (Å²) >= 11 is 0. The van der Waals surface area contributed by atoms with Gasteiger partial charge in [-0.2, -0.15) is 4.68 Å². The van der Waals surface area contributed by atoms with E-state index in [2.05, 4.69) is 27.1 Å². The molecule has 10 nitrogen and oxygen atoms in total. The van der Waals surface area contributed by atoms with Gasteiger partial charge in [-0.05, 0) is 65.7 Å². The van der Waals surface area contributed by atoms with E-state index in [1.807, 2.05) is 45.0 Å². The Bertz CT molecular complexity index is 1030. The second-order valence-electron chi connectivity index (χ2n) is 11.1. The van der Waals surface area contributed by atoms with Crippen LogP contribution >= 0.6 is 0 Å². The van der Waals surface area contributed by atoms with E-state index in [-0.39, 0.29) is 12.7 Å². The van der Waals surface area contributed by atoms with E-state index < -0.39 is 29.4 Å². The number of alkyl carbamates (subject to hydrolysis) is 1. The van der Waals surface area contributed by atoms with Gasteiger partial charge in [0.2, 0.25) is 6.20 Å². The molecule has 37 heavy (non-hydrogen) atoms. The maximum Gasteiger partial charge on any atom is 0.407 e. The van der Waals surface area contributed by atoms with E-state index in [0.717, 1.165) is 24.2 Å². The molecule has 0 spiro atoms. The SMILES string of the molecule is CC(C)(C)OC(=O)NCCCOC1Cn2cc(-c3ccc(OC[C@@H](O)C(=O)OC(C)(C)C)cc3)c[n+]2C1. The lowest BCUT2D eigenvalue weighted by molar-refractivity contribution is -0.760. The number of carbonyl (C=O) groups excluding carboxylic acids is 2. The summed E-state index contributed by atoms with van der Waals surface area (Å²) in [5.41, 5.74) is 0.930. The van der Waals surface area contributed by atoms with Crippen LogP contribution in [0.15, 0.2) is 36.7 Å². The van der Waals surface area contributed by atoms with Gasteiger partial charge in [0.05, 0.1) is 11.8 Å². The Balaban J connectivity index is 1.39. The molecule has 2 aromatic rings. The lowest BCUT2D eigenvalue weighted by atomic mass is 10.1. The predicted octanol–water partition coefficient (Wildman–Crippen LogP) is 2.84. The standard InChI is InChI=1S/C27H39N3O7/c1-26(2,3)36-24(32)23(31)18-35-21-10-8-19(9-11-21)20-14-29-16-22(17-30(29)15-20)34-13-7-12-28-25(33)37-27(4,5)6/h8-11,14-15,22-23,31H,7,12-13,16-18H2,1-6H3/p+1/t23-/m1/s1. The number of benzene rings is 1. The minimum atomic E-state index is -1.35. The molecule has 1 aliphatic rings. The largest absolute Gasteiger partial charge is 0.490 e. The number of esters is 1. The Morgan fingerprint density at radius 3 is 2.38 bits per heavy atom. The molecule has 2 N–H and O–H groups in total. The van der Waals surface area contributed by atoms with Crippen molar-refractivity contribution in [1.82, 2.24) is 10.00 Å². The van der Waals surface area contributed by atoms with Gasteiger partial charge >= 0.3 is 12.1 Å². The summed E-state index contributed by atoms with van der Waals surface area (Å²) in [4.78, 5) is 23.5. The topological polar surface area (TPSA) is 112 Å². The van der Waals surface area contributed by atoms with E-state index in [1.165, 1.54) is 0 Å². The van der Waals surface area contributed by atoms with Crippen LogP contribution in [0.5, 0.6) is 5.75 Å². The summed E-state index contributed by atoms with van der Waals surface area (Å²) in [6.45, 7) is 13.1. The molecule has 0 saturated heterocycles. The summed E-state index contributed by atoms with van der Waals surface area (Å²) in [6.07, 6.45) is 3.20. The summed E-state index contributed by atoms with van der Waals surface area (Å²) < 4.78 is 26.1. The number of nitrogens with zero attached hydrogens (tertiary/aromatic N) is 2. The van der Waals surface area contributed by atoms with Crippen molar-refractivity contribution in [1.29, 1.82) is 0 Å². The van der Waals surface area contributed by atoms with Gasteiger partial charge in [0.1, 0.15) is 36.2 Å². The predicted molar refractivity (Wildman–Crippen MR) is 136 cm³/mol. The van der Waals surface area contributed by atoms with Crippen LogP contribution in [0.1, 0.15) is 48.0 Å². The molecule has 204 valence electrons. The zero-order valence-electron chi connectivity index (χ0n) is 22.7. The number of ether oxygens (including phenoxy) is 4. The molecular weight excluding hydrogens is 478 g/mol. The van der Waals surface area contributed by atoms with Crippen LogP contribution in [-0.4, -0.2) is 65.0 Å². The van der Waals surface area contributed by atoms with Gasteiger partial charge < -0.3 is 29.4 Å². The molecule has 0 saturated carbocycles. The number of nitrogens with one attached hydrogen (secondary N) is 1. The molecule has 1 atom stereocenters. The second-order valence-corrected chi connectivity index (χ2v) is 11.1. The lowest BCUT2D eigenvalue weighted by Crippen LogP contribution is -2.37. The van der Waals surface area contributed by atoms with Crippen molar-refractivity contribution in [2.45, 2.75) is 84.5 Å². The Labute approximate surface area is 218 Å². The zero-order chi connectivity index (χ0) is 27.2. The monoisotopic (exact) mass is 518 g/mol. The fourth-order valence-corrected chi connectivity index (χ4v) is 3.73. The van der Waals surface area contributed by atoms with Crippen LogP contribution in [-0.2, 0) is 32.1 Å². The molecule has 1 amide bonds. The Hall–Kier alpha value is -3.11. The maximum absolute atomic E-state index is 11.9. The van der Waals surface area contributed by atoms with Crippen molar-refractivity contribution in [3.05, 3.63) is 36.7 Å². The molecule has 3 rings (SSSR count). The highest BCUT2D eigenvalue weighted by molar-refractivity contribution is 5.75. The summed E-state index contributed by atoms with van der Waals surface area (Å²) in [5, 5.41) is 12.7. The Morgan fingerprint density at radius 2 is 1.76 bits per heavy atom. The Morgan fingerprint density at radius 1 is 1.08 bits per heavy atom. The summed E-state index contributed by atoms with van der Waals surface area (Å²) in [5.74, 6) is -0.149. The normalized spacial score (nSPS) is 16.1. The molecule has 0 bridgehead atoms. The van der Waals surface area contributed by atoms with Gasteiger partial charge in [0.15, 0.2) is 12.6 Å². The zero-order valence-corrected chi connectivity index (χ0v) is 22.7. The first-order chi connectivity index (χ1) is 17.3. The number of hydrogen-bond donors (Lipinski definition) is 2. The minimum Gasteiger partial charge on any atom is -0.490 e. The number of fused-ring (bicyclic) bond motifs is 1. The van der Waals surface area contributed by atoms with Crippen LogP contribution in [0.2, 0.25) is 0 Å². The third-order valence-electron chi connectivity index (χ3n) is 5.30. The van der Waals surface area contributed by atoms with Crippen LogP contribution in [0, 0.1) is 0 Å². The average Bonchev–Trinajstić information content (AvgIpc) is 3.34. The van der Waals surface area contributed by atoms with Gasteiger partial charge in [-0.1, -0.05) is 12.1 Å². The molecule has 10 heteroatoms. The third kappa shape index (κ3) is 9.36. The van der Waals surface area contributed by atoms with Crippen molar-refractivity contribution in [2.24, 2.45) is 0 Å². The van der Waals surface area contributed by atoms with Crippen LogP contribution < -0.4 is 14.7 Å². The lowest BCUT2D eigenvalue weighted by Gasteiger charge is -2.21. The minimum absolute atomic E-state index is 0.0859.